The molecule has 0 unspecified atom stereocenters. The molecule has 1 heterocycles. The number of hydrogen-bond acceptors (Lipinski definition) is 2. The molecule has 98 valence electrons. The monoisotopic (exact) mass is 318 g/mol. The predicted octanol–water partition coefficient (Wildman–Crippen LogP) is 3.03. The van der Waals surface area contributed by atoms with Gasteiger partial charge in [-0.3, -0.25) is 0 Å². The zero-order chi connectivity index (χ0) is 13.7. The van der Waals surface area contributed by atoms with Gasteiger partial charge in [0.2, 0.25) is 0 Å². The van der Waals surface area contributed by atoms with Crippen LogP contribution in [0.1, 0.15) is 27.7 Å². The highest BCUT2D eigenvalue weighted by atomic mass is 79.9. The van der Waals surface area contributed by atoms with Gasteiger partial charge in [-0.1, -0.05) is 6.07 Å². The first-order valence-electron chi connectivity index (χ1n) is 5.65. The maximum Gasteiger partial charge on any atom is 0.497 e. The third kappa shape index (κ3) is 2.10. The van der Waals surface area contributed by atoms with E-state index in [4.69, 9.17) is 9.31 Å². The Kier molecular flexibility index (Phi) is 3.32. The van der Waals surface area contributed by atoms with E-state index in [1.54, 1.807) is 0 Å². The number of rotatable bonds is 1. The van der Waals surface area contributed by atoms with Gasteiger partial charge in [0.25, 0.3) is 0 Å². The molecular formula is C12H14BBrF2O2. The largest absolute Gasteiger partial charge is 0.497 e. The molecule has 1 aromatic rings. The minimum atomic E-state index is -0.827. The van der Waals surface area contributed by atoms with Gasteiger partial charge in [0.1, 0.15) is 11.6 Å². The molecule has 2 rings (SSSR count). The molecule has 6 heteroatoms. The van der Waals surface area contributed by atoms with Crippen LogP contribution in [0.25, 0.3) is 0 Å². The van der Waals surface area contributed by atoms with E-state index >= 15 is 0 Å². The molecule has 1 aliphatic rings. The summed E-state index contributed by atoms with van der Waals surface area (Å²) in [5, 5.41) is 0. The van der Waals surface area contributed by atoms with E-state index in [1.165, 1.54) is 12.1 Å². The maximum atomic E-state index is 14.0. The second kappa shape index (κ2) is 4.29. The summed E-state index contributed by atoms with van der Waals surface area (Å²) in [6.45, 7) is 7.51. The highest BCUT2D eigenvalue weighted by Crippen LogP contribution is 2.37. The van der Waals surface area contributed by atoms with Crippen molar-refractivity contribution in [3.05, 3.63) is 28.2 Å². The van der Waals surface area contributed by atoms with E-state index < -0.39 is 30.0 Å². The summed E-state index contributed by atoms with van der Waals surface area (Å²) in [7, 11) is -0.827. The lowest BCUT2D eigenvalue weighted by Crippen LogP contribution is -2.41. The van der Waals surface area contributed by atoms with E-state index in [-0.39, 0.29) is 9.94 Å². The zero-order valence-corrected chi connectivity index (χ0v) is 12.3. The fourth-order valence-corrected chi connectivity index (χ4v) is 2.05. The first kappa shape index (κ1) is 14.0. The minimum Gasteiger partial charge on any atom is -0.399 e. The van der Waals surface area contributed by atoms with Gasteiger partial charge in [-0.25, -0.2) is 8.78 Å². The molecule has 2 nitrogen and oxygen atoms in total. The molecule has 18 heavy (non-hydrogen) atoms. The summed E-state index contributed by atoms with van der Waals surface area (Å²) >= 11 is 2.87. The third-order valence-electron chi connectivity index (χ3n) is 3.57. The third-order valence-corrected chi connectivity index (χ3v) is 4.30. The fraction of sp³-hybridized carbons (Fsp3) is 0.500. The molecule has 0 radical (unpaired) electrons. The first-order valence-corrected chi connectivity index (χ1v) is 6.44. The number of hydrogen-bond donors (Lipinski definition) is 0. The normalized spacial score (nSPS) is 21.4. The maximum absolute atomic E-state index is 14.0. The average Bonchev–Trinajstić information content (AvgIpc) is 2.45. The Bertz CT molecular complexity index is 475. The van der Waals surface area contributed by atoms with Crippen LogP contribution in [0.5, 0.6) is 0 Å². The van der Waals surface area contributed by atoms with Gasteiger partial charge in [0, 0.05) is 5.46 Å². The van der Waals surface area contributed by atoms with Crippen LogP contribution in [-0.2, 0) is 9.31 Å². The summed E-state index contributed by atoms with van der Waals surface area (Å²) in [6, 6.07) is 2.53. The van der Waals surface area contributed by atoms with Gasteiger partial charge in [-0.2, -0.15) is 0 Å². The molecule has 0 saturated carbocycles. The molecule has 1 aliphatic heterocycles. The molecule has 0 amide bonds. The number of benzene rings is 1. The highest BCUT2D eigenvalue weighted by Gasteiger charge is 2.52. The van der Waals surface area contributed by atoms with Crippen LogP contribution in [0.4, 0.5) is 8.78 Å². The van der Waals surface area contributed by atoms with Crippen LogP contribution in [0.15, 0.2) is 16.6 Å². The Balaban J connectivity index is 2.39. The van der Waals surface area contributed by atoms with Crippen LogP contribution in [-0.4, -0.2) is 18.3 Å². The van der Waals surface area contributed by atoms with Crippen molar-refractivity contribution in [1.82, 2.24) is 0 Å². The van der Waals surface area contributed by atoms with E-state index in [9.17, 15) is 8.78 Å². The fourth-order valence-electron chi connectivity index (χ4n) is 1.69. The summed E-state index contributed by atoms with van der Waals surface area (Å²) < 4.78 is 38.4. The van der Waals surface area contributed by atoms with Gasteiger partial charge >= 0.3 is 7.12 Å². The van der Waals surface area contributed by atoms with Crippen molar-refractivity contribution < 1.29 is 18.1 Å². The van der Waals surface area contributed by atoms with E-state index in [1.807, 2.05) is 27.7 Å². The molecule has 0 spiro atoms. The summed E-state index contributed by atoms with van der Waals surface area (Å²) in [5.74, 6) is -1.33. The first-order chi connectivity index (χ1) is 8.16. The highest BCUT2D eigenvalue weighted by molar-refractivity contribution is 9.10. The molecule has 0 aliphatic carbocycles. The molecule has 1 fully saturated rings. The van der Waals surface area contributed by atoms with Crippen molar-refractivity contribution in [3.8, 4) is 0 Å². The minimum absolute atomic E-state index is 0.196. The Morgan fingerprint density at radius 3 is 2.06 bits per heavy atom. The standard InChI is InChI=1S/C12H14BBrF2O2/c1-11(2)12(3,4)18-13(17-11)7-5-6-8(15)9(14)10(7)16/h5-6H,1-4H3. The van der Waals surface area contributed by atoms with E-state index in [2.05, 4.69) is 15.9 Å². The zero-order valence-electron chi connectivity index (χ0n) is 10.7. The van der Waals surface area contributed by atoms with E-state index in [0.717, 1.165) is 0 Å². The van der Waals surface area contributed by atoms with Crippen LogP contribution in [0.3, 0.4) is 0 Å². The van der Waals surface area contributed by atoms with Crippen molar-refractivity contribution in [2.24, 2.45) is 0 Å². The lowest BCUT2D eigenvalue weighted by molar-refractivity contribution is 0.00578. The molecule has 0 atom stereocenters. The quantitative estimate of drug-likeness (QED) is 0.585. The Hall–Kier alpha value is -0.455. The topological polar surface area (TPSA) is 18.5 Å². The lowest BCUT2D eigenvalue weighted by atomic mass is 9.78. The van der Waals surface area contributed by atoms with Crippen molar-refractivity contribution in [3.63, 3.8) is 0 Å². The van der Waals surface area contributed by atoms with Crippen LogP contribution >= 0.6 is 15.9 Å². The second-order valence-corrected chi connectivity index (χ2v) is 6.15. The van der Waals surface area contributed by atoms with Crippen LogP contribution in [0, 0.1) is 11.6 Å². The Morgan fingerprint density at radius 1 is 1.06 bits per heavy atom. The molecule has 0 bridgehead atoms. The van der Waals surface area contributed by atoms with Crippen LogP contribution < -0.4 is 5.46 Å². The van der Waals surface area contributed by atoms with Crippen molar-refractivity contribution in [2.45, 2.75) is 38.9 Å². The molecule has 1 saturated heterocycles. The second-order valence-electron chi connectivity index (χ2n) is 5.35. The average molecular weight is 319 g/mol. The molecule has 1 aromatic carbocycles. The summed E-state index contributed by atoms with van der Waals surface area (Å²) in [4.78, 5) is 0. The van der Waals surface area contributed by atoms with Gasteiger partial charge < -0.3 is 9.31 Å². The Labute approximate surface area is 114 Å². The van der Waals surface area contributed by atoms with Gasteiger partial charge in [-0.05, 0) is 49.7 Å². The van der Waals surface area contributed by atoms with Crippen LogP contribution in [0.2, 0.25) is 0 Å². The van der Waals surface area contributed by atoms with Crippen molar-refractivity contribution in [1.29, 1.82) is 0 Å². The molecule has 0 N–H and O–H groups in total. The van der Waals surface area contributed by atoms with Gasteiger partial charge in [-0.15, -0.1) is 0 Å². The molecule has 0 aromatic heterocycles. The van der Waals surface area contributed by atoms with Crippen molar-refractivity contribution in [2.75, 3.05) is 0 Å². The SMILES string of the molecule is CC1(C)OB(c2ccc(F)c(Br)c2F)OC1(C)C. The predicted molar refractivity (Wildman–Crippen MR) is 69.8 cm³/mol. The van der Waals surface area contributed by atoms with E-state index in [0.29, 0.717) is 0 Å². The molecular weight excluding hydrogens is 305 g/mol. The summed E-state index contributed by atoms with van der Waals surface area (Å²) in [5.41, 5.74) is -0.905. The van der Waals surface area contributed by atoms with Gasteiger partial charge in [0.05, 0.1) is 15.7 Å². The summed E-state index contributed by atoms with van der Waals surface area (Å²) in [6.07, 6.45) is 0. The van der Waals surface area contributed by atoms with Gasteiger partial charge in [0.15, 0.2) is 0 Å². The van der Waals surface area contributed by atoms with Crippen molar-refractivity contribution >= 4 is 28.5 Å². The smallest absolute Gasteiger partial charge is 0.399 e. The Morgan fingerprint density at radius 2 is 1.56 bits per heavy atom. The lowest BCUT2D eigenvalue weighted by Gasteiger charge is -2.32. The number of halogens is 3.